The van der Waals surface area contributed by atoms with Gasteiger partial charge in [-0.3, -0.25) is 11.3 Å². The summed E-state index contributed by atoms with van der Waals surface area (Å²) in [6.07, 6.45) is 4.08. The van der Waals surface area contributed by atoms with Crippen molar-refractivity contribution >= 4 is 0 Å². The molecule has 1 aromatic rings. The Morgan fingerprint density at radius 2 is 2.18 bits per heavy atom. The Bertz CT molecular complexity index is 363. The van der Waals surface area contributed by atoms with Gasteiger partial charge in [-0.2, -0.15) is 0 Å². The molecule has 3 N–H and O–H groups in total. The van der Waals surface area contributed by atoms with E-state index in [-0.39, 0.29) is 12.1 Å². The van der Waals surface area contributed by atoms with Gasteiger partial charge < -0.3 is 4.74 Å². The first-order valence-electron chi connectivity index (χ1n) is 6.35. The van der Waals surface area contributed by atoms with E-state index in [4.69, 9.17) is 10.6 Å². The molecular weight excluding hydrogens is 212 g/mol. The van der Waals surface area contributed by atoms with Crippen LogP contribution in [0.4, 0.5) is 0 Å². The van der Waals surface area contributed by atoms with E-state index in [1.807, 2.05) is 6.92 Å². The van der Waals surface area contributed by atoms with Crippen molar-refractivity contribution in [3.05, 3.63) is 35.4 Å². The summed E-state index contributed by atoms with van der Waals surface area (Å²) in [5, 5.41) is 0. The average molecular weight is 234 g/mol. The lowest BCUT2D eigenvalue weighted by Gasteiger charge is -2.28. The van der Waals surface area contributed by atoms with E-state index < -0.39 is 0 Å². The van der Waals surface area contributed by atoms with Crippen molar-refractivity contribution in [2.45, 2.75) is 44.2 Å². The van der Waals surface area contributed by atoms with Crippen LogP contribution < -0.4 is 11.3 Å². The zero-order valence-corrected chi connectivity index (χ0v) is 10.6. The predicted molar refractivity (Wildman–Crippen MR) is 69.6 cm³/mol. The second-order valence-corrected chi connectivity index (χ2v) is 4.88. The third-order valence-corrected chi connectivity index (χ3v) is 3.87. The van der Waals surface area contributed by atoms with Gasteiger partial charge in [0.05, 0.1) is 12.1 Å². The summed E-state index contributed by atoms with van der Waals surface area (Å²) in [5.41, 5.74) is 5.50. The monoisotopic (exact) mass is 234 g/mol. The Morgan fingerprint density at radius 3 is 2.71 bits per heavy atom. The Kier molecular flexibility index (Phi) is 4.15. The quantitative estimate of drug-likeness (QED) is 0.608. The van der Waals surface area contributed by atoms with Gasteiger partial charge in [0.15, 0.2) is 0 Å². The van der Waals surface area contributed by atoms with Gasteiger partial charge in [0, 0.05) is 7.11 Å². The van der Waals surface area contributed by atoms with Gasteiger partial charge in [-0.1, -0.05) is 30.7 Å². The van der Waals surface area contributed by atoms with Gasteiger partial charge in [0.1, 0.15) is 0 Å². The van der Waals surface area contributed by atoms with Crippen molar-refractivity contribution in [2.75, 3.05) is 7.11 Å². The Balaban J connectivity index is 2.18. The SMILES string of the molecule is COC(C)C(NN)c1cccc(C2CCC2)c1. The first-order valence-corrected chi connectivity index (χ1v) is 6.35. The molecule has 0 saturated heterocycles. The van der Waals surface area contributed by atoms with E-state index in [9.17, 15) is 0 Å². The Morgan fingerprint density at radius 1 is 1.41 bits per heavy atom. The number of hydrogen-bond acceptors (Lipinski definition) is 3. The van der Waals surface area contributed by atoms with Crippen LogP contribution >= 0.6 is 0 Å². The smallest absolute Gasteiger partial charge is 0.0750 e. The molecule has 1 saturated carbocycles. The van der Waals surface area contributed by atoms with Crippen molar-refractivity contribution in [1.29, 1.82) is 0 Å². The number of rotatable bonds is 5. The molecule has 0 heterocycles. The number of methoxy groups -OCH3 is 1. The first-order chi connectivity index (χ1) is 8.26. The fourth-order valence-corrected chi connectivity index (χ4v) is 2.39. The standard InChI is InChI=1S/C14H22N2O/c1-10(17-2)14(16-15)13-8-4-7-12(9-13)11-5-3-6-11/h4,7-11,14,16H,3,5-6,15H2,1-2H3. The molecule has 2 rings (SSSR count). The van der Waals surface area contributed by atoms with Crippen LogP contribution in [0.2, 0.25) is 0 Å². The molecule has 0 radical (unpaired) electrons. The summed E-state index contributed by atoms with van der Waals surface area (Å²) >= 11 is 0. The van der Waals surface area contributed by atoms with Crippen LogP contribution in [0.3, 0.4) is 0 Å². The number of hydrogen-bond donors (Lipinski definition) is 2. The molecule has 2 unspecified atom stereocenters. The number of benzene rings is 1. The fraction of sp³-hybridized carbons (Fsp3) is 0.571. The largest absolute Gasteiger partial charge is 0.380 e. The minimum absolute atomic E-state index is 0.0556. The molecular formula is C14H22N2O. The second-order valence-electron chi connectivity index (χ2n) is 4.88. The van der Waals surface area contributed by atoms with Crippen LogP contribution in [-0.4, -0.2) is 13.2 Å². The maximum absolute atomic E-state index is 5.62. The number of nitrogens with one attached hydrogen (secondary N) is 1. The molecule has 1 aliphatic carbocycles. The highest BCUT2D eigenvalue weighted by Crippen LogP contribution is 2.37. The second kappa shape index (κ2) is 5.63. The van der Waals surface area contributed by atoms with Crippen LogP contribution in [0.1, 0.15) is 49.3 Å². The Hall–Kier alpha value is -0.900. The van der Waals surface area contributed by atoms with Gasteiger partial charge >= 0.3 is 0 Å². The molecule has 2 atom stereocenters. The maximum Gasteiger partial charge on any atom is 0.0750 e. The van der Waals surface area contributed by atoms with E-state index >= 15 is 0 Å². The molecule has 3 heteroatoms. The molecule has 1 aliphatic rings. The topological polar surface area (TPSA) is 47.3 Å². The van der Waals surface area contributed by atoms with Crippen molar-refractivity contribution in [1.82, 2.24) is 5.43 Å². The lowest BCUT2D eigenvalue weighted by atomic mass is 9.79. The summed E-state index contributed by atoms with van der Waals surface area (Å²) in [5.74, 6) is 6.38. The van der Waals surface area contributed by atoms with Crippen LogP contribution in [0.25, 0.3) is 0 Å². The van der Waals surface area contributed by atoms with Crippen molar-refractivity contribution < 1.29 is 4.74 Å². The zero-order valence-electron chi connectivity index (χ0n) is 10.6. The molecule has 1 aromatic carbocycles. The normalized spacial score (nSPS) is 19.7. The summed E-state index contributed by atoms with van der Waals surface area (Å²) in [7, 11) is 1.71. The van der Waals surface area contributed by atoms with Crippen molar-refractivity contribution in [3.63, 3.8) is 0 Å². The van der Waals surface area contributed by atoms with Crippen LogP contribution in [-0.2, 0) is 4.74 Å². The zero-order chi connectivity index (χ0) is 12.3. The van der Waals surface area contributed by atoms with E-state index in [1.54, 1.807) is 7.11 Å². The minimum Gasteiger partial charge on any atom is -0.380 e. The highest BCUT2D eigenvalue weighted by molar-refractivity contribution is 5.30. The highest BCUT2D eigenvalue weighted by Gasteiger charge is 2.22. The number of hydrazine groups is 1. The fourth-order valence-electron chi connectivity index (χ4n) is 2.39. The summed E-state index contributed by atoms with van der Waals surface area (Å²) in [6, 6.07) is 8.78. The third kappa shape index (κ3) is 2.68. The van der Waals surface area contributed by atoms with E-state index in [2.05, 4.69) is 29.7 Å². The molecule has 94 valence electrons. The van der Waals surface area contributed by atoms with E-state index in [1.165, 1.54) is 30.4 Å². The van der Waals surface area contributed by atoms with Crippen molar-refractivity contribution in [3.8, 4) is 0 Å². The average Bonchev–Trinajstić information content (AvgIpc) is 2.28. The third-order valence-electron chi connectivity index (χ3n) is 3.87. The van der Waals surface area contributed by atoms with Gasteiger partial charge in [-0.05, 0) is 36.8 Å². The highest BCUT2D eigenvalue weighted by atomic mass is 16.5. The van der Waals surface area contributed by atoms with Gasteiger partial charge in [-0.25, -0.2) is 0 Å². The Labute approximate surface area is 103 Å². The lowest BCUT2D eigenvalue weighted by Crippen LogP contribution is -2.36. The molecule has 0 spiro atoms. The molecule has 0 amide bonds. The van der Waals surface area contributed by atoms with Crippen LogP contribution in [0, 0.1) is 0 Å². The van der Waals surface area contributed by atoms with Gasteiger partial charge in [0.2, 0.25) is 0 Å². The minimum atomic E-state index is 0.0556. The predicted octanol–water partition coefficient (Wildman–Crippen LogP) is 2.49. The van der Waals surface area contributed by atoms with Gasteiger partial charge in [-0.15, -0.1) is 0 Å². The molecule has 17 heavy (non-hydrogen) atoms. The number of ether oxygens (including phenoxy) is 1. The molecule has 1 fully saturated rings. The summed E-state index contributed by atoms with van der Waals surface area (Å²) < 4.78 is 5.36. The molecule has 0 aromatic heterocycles. The van der Waals surface area contributed by atoms with Gasteiger partial charge in [0.25, 0.3) is 0 Å². The van der Waals surface area contributed by atoms with E-state index in [0.29, 0.717) is 0 Å². The summed E-state index contributed by atoms with van der Waals surface area (Å²) in [6.45, 7) is 2.03. The number of nitrogens with two attached hydrogens (primary N) is 1. The van der Waals surface area contributed by atoms with Crippen LogP contribution in [0.5, 0.6) is 0 Å². The lowest BCUT2D eigenvalue weighted by molar-refractivity contribution is 0.0830. The summed E-state index contributed by atoms with van der Waals surface area (Å²) in [4.78, 5) is 0. The first kappa shape index (κ1) is 12.6. The van der Waals surface area contributed by atoms with Crippen LogP contribution in [0.15, 0.2) is 24.3 Å². The van der Waals surface area contributed by atoms with E-state index in [0.717, 1.165) is 5.92 Å². The van der Waals surface area contributed by atoms with Crippen molar-refractivity contribution in [2.24, 2.45) is 5.84 Å². The molecule has 3 nitrogen and oxygen atoms in total. The molecule has 0 aliphatic heterocycles. The molecule has 0 bridgehead atoms. The maximum atomic E-state index is 5.62.